The highest BCUT2D eigenvalue weighted by Crippen LogP contribution is 2.30. The fourth-order valence-corrected chi connectivity index (χ4v) is 2.35. The van der Waals surface area contributed by atoms with E-state index in [0.29, 0.717) is 17.7 Å². The number of esters is 1. The summed E-state index contributed by atoms with van der Waals surface area (Å²) in [6, 6.07) is 2.40. The van der Waals surface area contributed by atoms with Crippen LogP contribution < -0.4 is 0 Å². The lowest BCUT2D eigenvalue weighted by molar-refractivity contribution is -0.147. The first kappa shape index (κ1) is 17.2. The van der Waals surface area contributed by atoms with Gasteiger partial charge in [0.1, 0.15) is 12.4 Å². The molecule has 8 heteroatoms. The normalized spacial score (nSPS) is 15.0. The van der Waals surface area contributed by atoms with Gasteiger partial charge in [-0.3, -0.25) is 4.79 Å². The maximum Gasteiger partial charge on any atom is 0.406 e. The number of hydrogen-bond donors (Lipinski definition) is 0. The van der Waals surface area contributed by atoms with Gasteiger partial charge >= 0.3 is 12.1 Å². The van der Waals surface area contributed by atoms with Crippen LogP contribution in [-0.4, -0.2) is 42.6 Å². The molecule has 126 valence electrons. The number of amides is 1. The number of carbonyl (C=O) groups is 2. The third-order valence-corrected chi connectivity index (χ3v) is 3.75. The molecule has 1 aromatic rings. The number of carbonyl (C=O) groups excluding carboxylic acids is 2. The zero-order valence-electron chi connectivity index (χ0n) is 12.3. The smallest absolute Gasteiger partial charge is 0.406 e. The monoisotopic (exact) mass is 333 g/mol. The largest absolute Gasteiger partial charge is 0.465 e. The maximum atomic E-state index is 14.0. The van der Waals surface area contributed by atoms with Gasteiger partial charge in [0.2, 0.25) is 0 Å². The predicted octanol–water partition coefficient (Wildman–Crippen LogP) is 3.17. The van der Waals surface area contributed by atoms with E-state index in [4.69, 9.17) is 0 Å². The second-order valence-electron chi connectivity index (χ2n) is 5.32. The summed E-state index contributed by atoms with van der Waals surface area (Å²) in [5.41, 5.74) is -0.610. The van der Waals surface area contributed by atoms with Gasteiger partial charge in [0.15, 0.2) is 0 Å². The van der Waals surface area contributed by atoms with Crippen molar-refractivity contribution in [1.82, 2.24) is 4.90 Å². The molecule has 0 unspecified atom stereocenters. The molecule has 1 aromatic carbocycles. The number of nitrogens with zero attached hydrogens (tertiary/aromatic N) is 1. The Labute approximate surface area is 130 Å². The summed E-state index contributed by atoms with van der Waals surface area (Å²) in [5, 5.41) is 0. The Kier molecular flexibility index (Phi) is 4.91. The molecule has 1 fully saturated rings. The first-order valence-electron chi connectivity index (χ1n) is 6.98. The molecule has 0 radical (unpaired) electrons. The van der Waals surface area contributed by atoms with Gasteiger partial charge in [-0.05, 0) is 37.5 Å². The Morgan fingerprint density at radius 2 is 1.96 bits per heavy atom. The number of halogens is 4. The van der Waals surface area contributed by atoms with E-state index >= 15 is 0 Å². The summed E-state index contributed by atoms with van der Waals surface area (Å²) < 4.78 is 56.5. The lowest BCUT2D eigenvalue weighted by Crippen LogP contribution is -2.48. The molecule has 0 aromatic heterocycles. The molecule has 1 aliphatic rings. The summed E-state index contributed by atoms with van der Waals surface area (Å²) in [6.45, 7) is -1.42. The van der Waals surface area contributed by atoms with Gasteiger partial charge in [0.25, 0.3) is 5.91 Å². The SMILES string of the molecule is COC(=O)c1ccc(C(=O)N(CC(F)(F)F)C2CCC2)c(F)c1. The fourth-order valence-electron chi connectivity index (χ4n) is 2.35. The van der Waals surface area contributed by atoms with Crippen LogP contribution >= 0.6 is 0 Å². The number of hydrogen-bond acceptors (Lipinski definition) is 3. The van der Waals surface area contributed by atoms with Crippen molar-refractivity contribution in [3.8, 4) is 0 Å². The molecule has 0 heterocycles. The van der Waals surface area contributed by atoms with Crippen molar-refractivity contribution in [1.29, 1.82) is 0 Å². The molecular formula is C15H15F4NO3. The van der Waals surface area contributed by atoms with Crippen LogP contribution in [0.3, 0.4) is 0 Å². The van der Waals surface area contributed by atoms with E-state index in [2.05, 4.69) is 4.74 Å². The van der Waals surface area contributed by atoms with Crippen LogP contribution in [0, 0.1) is 5.82 Å². The molecule has 1 saturated carbocycles. The van der Waals surface area contributed by atoms with Gasteiger partial charge in [-0.1, -0.05) is 0 Å². The quantitative estimate of drug-likeness (QED) is 0.628. The molecule has 1 amide bonds. The van der Waals surface area contributed by atoms with Crippen LogP contribution in [0.15, 0.2) is 18.2 Å². The molecule has 4 nitrogen and oxygen atoms in total. The number of methoxy groups -OCH3 is 1. The van der Waals surface area contributed by atoms with Crippen LogP contribution in [0.1, 0.15) is 40.0 Å². The predicted molar refractivity (Wildman–Crippen MR) is 72.5 cm³/mol. The van der Waals surface area contributed by atoms with Crippen molar-refractivity contribution >= 4 is 11.9 Å². The lowest BCUT2D eigenvalue weighted by atomic mass is 9.91. The Balaban J connectivity index is 2.27. The van der Waals surface area contributed by atoms with E-state index in [9.17, 15) is 27.2 Å². The average Bonchev–Trinajstić information content (AvgIpc) is 2.41. The summed E-state index contributed by atoms with van der Waals surface area (Å²) >= 11 is 0. The third-order valence-electron chi connectivity index (χ3n) is 3.75. The minimum absolute atomic E-state index is 0.118. The van der Waals surface area contributed by atoms with E-state index in [1.54, 1.807) is 0 Å². The Morgan fingerprint density at radius 3 is 2.39 bits per heavy atom. The molecule has 0 N–H and O–H groups in total. The Morgan fingerprint density at radius 1 is 1.30 bits per heavy atom. The van der Waals surface area contributed by atoms with Gasteiger partial charge in [0.05, 0.1) is 18.2 Å². The maximum absolute atomic E-state index is 14.0. The first-order chi connectivity index (χ1) is 10.7. The minimum Gasteiger partial charge on any atom is -0.465 e. The molecule has 23 heavy (non-hydrogen) atoms. The van der Waals surface area contributed by atoms with Gasteiger partial charge in [0, 0.05) is 6.04 Å². The van der Waals surface area contributed by atoms with Crippen LogP contribution in [0.25, 0.3) is 0 Å². The Hall–Kier alpha value is -2.12. The van der Waals surface area contributed by atoms with Crippen molar-refractivity contribution < 1.29 is 31.9 Å². The first-order valence-corrected chi connectivity index (χ1v) is 6.98. The van der Waals surface area contributed by atoms with E-state index < -0.39 is 42.0 Å². The molecule has 0 spiro atoms. The van der Waals surface area contributed by atoms with Crippen LogP contribution in [0.4, 0.5) is 17.6 Å². The van der Waals surface area contributed by atoms with E-state index in [1.807, 2.05) is 0 Å². The van der Waals surface area contributed by atoms with Crippen molar-refractivity contribution in [2.45, 2.75) is 31.5 Å². The summed E-state index contributed by atoms with van der Waals surface area (Å²) in [4.78, 5) is 24.2. The number of benzene rings is 1. The molecule has 0 saturated heterocycles. The van der Waals surface area contributed by atoms with Crippen LogP contribution in [0.2, 0.25) is 0 Å². The van der Waals surface area contributed by atoms with Crippen molar-refractivity contribution in [2.75, 3.05) is 13.7 Å². The second-order valence-corrected chi connectivity index (χ2v) is 5.32. The second kappa shape index (κ2) is 6.55. The van der Waals surface area contributed by atoms with Gasteiger partial charge in [-0.15, -0.1) is 0 Å². The topological polar surface area (TPSA) is 46.6 Å². The highest BCUT2D eigenvalue weighted by Gasteiger charge is 2.39. The van der Waals surface area contributed by atoms with E-state index in [0.717, 1.165) is 31.7 Å². The average molecular weight is 333 g/mol. The third kappa shape index (κ3) is 4.00. The number of alkyl halides is 3. The molecule has 0 aliphatic heterocycles. The van der Waals surface area contributed by atoms with Crippen LogP contribution in [0.5, 0.6) is 0 Å². The van der Waals surface area contributed by atoms with E-state index in [-0.39, 0.29) is 5.56 Å². The van der Waals surface area contributed by atoms with Gasteiger partial charge in [-0.2, -0.15) is 13.2 Å². The highest BCUT2D eigenvalue weighted by atomic mass is 19.4. The summed E-state index contributed by atoms with van der Waals surface area (Å²) in [6.07, 6.45) is -2.91. The molecule has 2 rings (SSSR count). The molecule has 0 bridgehead atoms. The van der Waals surface area contributed by atoms with Crippen molar-refractivity contribution in [3.05, 3.63) is 35.1 Å². The zero-order valence-corrected chi connectivity index (χ0v) is 12.3. The number of rotatable bonds is 4. The standard InChI is InChI=1S/C15H15F4NO3/c1-23-14(22)9-5-6-11(12(16)7-9)13(21)20(8-15(17,18)19)10-3-2-4-10/h5-7,10H,2-4,8H2,1H3. The molecule has 0 atom stereocenters. The molecular weight excluding hydrogens is 318 g/mol. The Bertz CT molecular complexity index is 611. The van der Waals surface area contributed by atoms with Gasteiger partial charge in [-0.25, -0.2) is 9.18 Å². The zero-order chi connectivity index (χ0) is 17.2. The van der Waals surface area contributed by atoms with Crippen molar-refractivity contribution in [2.24, 2.45) is 0 Å². The fraction of sp³-hybridized carbons (Fsp3) is 0.467. The molecule has 1 aliphatic carbocycles. The minimum atomic E-state index is -4.56. The summed E-state index contributed by atoms with van der Waals surface area (Å²) in [5.74, 6) is -2.88. The van der Waals surface area contributed by atoms with Crippen LogP contribution in [-0.2, 0) is 4.74 Å². The lowest BCUT2D eigenvalue weighted by Gasteiger charge is -2.38. The summed E-state index contributed by atoms with van der Waals surface area (Å²) in [7, 11) is 1.11. The number of ether oxygens (including phenoxy) is 1. The van der Waals surface area contributed by atoms with Crippen molar-refractivity contribution in [3.63, 3.8) is 0 Å². The highest BCUT2D eigenvalue weighted by molar-refractivity contribution is 5.96. The van der Waals surface area contributed by atoms with Gasteiger partial charge < -0.3 is 9.64 Å². The van der Waals surface area contributed by atoms with E-state index in [1.165, 1.54) is 0 Å².